The number of aliphatic hydroxyl groups is 3. The van der Waals surface area contributed by atoms with Gasteiger partial charge in [-0.1, -0.05) is 80.6 Å². The summed E-state index contributed by atoms with van der Waals surface area (Å²) >= 11 is 0. The molecule has 0 radical (unpaired) electrons. The van der Waals surface area contributed by atoms with E-state index in [1.807, 2.05) is 0 Å². The lowest BCUT2D eigenvalue weighted by molar-refractivity contribution is -0.346. The van der Waals surface area contributed by atoms with Gasteiger partial charge in [0.1, 0.15) is 23.9 Å². The summed E-state index contributed by atoms with van der Waals surface area (Å²) in [6.07, 6.45) is -12.3. The van der Waals surface area contributed by atoms with Crippen molar-refractivity contribution in [2.75, 3.05) is 6.61 Å². The molecular weight excluding hydrogens is 863 g/mol. The molecule has 1 heterocycles. The number of hydrogen-bond donors (Lipinski definition) is 6. The highest BCUT2D eigenvalue weighted by Crippen LogP contribution is 2.64. The first-order valence-electron chi connectivity index (χ1n) is 21.1. The molecule has 7 rings (SSSR count). The fraction of sp³-hybridized carbons (Fsp3) is 0.438. The third-order valence-corrected chi connectivity index (χ3v) is 13.5. The van der Waals surface area contributed by atoms with Gasteiger partial charge in [-0.05, 0) is 54.8 Å². The van der Waals surface area contributed by atoms with Gasteiger partial charge in [-0.3, -0.25) is 19.2 Å². The number of carboxylic acid groups (broad SMARTS) is 2. The van der Waals surface area contributed by atoms with Crippen molar-refractivity contribution < 1.29 is 82.8 Å². The van der Waals surface area contributed by atoms with Crippen LogP contribution in [0.25, 0.3) is 0 Å². The molecule has 3 fully saturated rings. The minimum Gasteiger partial charge on any atom is -0.456 e. The first kappa shape index (κ1) is 49.0. The topological polar surface area (TPSA) is 279 Å². The predicted octanol–water partition coefficient (Wildman–Crippen LogP) is 3.96. The van der Waals surface area contributed by atoms with Gasteiger partial charge >= 0.3 is 30.0 Å². The van der Waals surface area contributed by atoms with Gasteiger partial charge in [-0.25, -0.2) is 14.4 Å². The molecule has 4 aliphatic rings. The molecule has 3 aromatic carbocycles. The number of nitrogens with one attached hydrogen (secondary N) is 1. The number of Topliss-reactive ketones (excluding diaryl/α,β-unsaturated/α-hetero) is 1. The second kappa shape index (κ2) is 18.8. The van der Waals surface area contributed by atoms with Gasteiger partial charge in [-0.2, -0.15) is 0 Å². The Labute approximate surface area is 379 Å². The molecule has 18 nitrogen and oxygen atoms in total. The van der Waals surface area contributed by atoms with Crippen molar-refractivity contribution in [3.63, 3.8) is 0 Å². The van der Waals surface area contributed by atoms with Crippen LogP contribution in [0.1, 0.15) is 86.7 Å². The van der Waals surface area contributed by atoms with Crippen LogP contribution in [0.3, 0.4) is 0 Å². The van der Waals surface area contributed by atoms with Crippen LogP contribution in [-0.2, 0) is 42.9 Å². The summed E-state index contributed by atoms with van der Waals surface area (Å²) in [5.41, 5.74) is -7.02. The number of hydrogen-bond acceptors (Lipinski definition) is 15. The van der Waals surface area contributed by atoms with Crippen molar-refractivity contribution in [2.24, 2.45) is 16.7 Å². The Balaban J connectivity index is 0.00000173. The summed E-state index contributed by atoms with van der Waals surface area (Å²) < 4.78 is 30.3. The Morgan fingerprint density at radius 2 is 1.35 bits per heavy atom. The van der Waals surface area contributed by atoms with E-state index in [0.29, 0.717) is 5.56 Å². The van der Waals surface area contributed by atoms with E-state index in [4.69, 9.17) is 38.7 Å². The molecule has 2 bridgehead atoms. The van der Waals surface area contributed by atoms with E-state index in [1.54, 1.807) is 92.7 Å². The average Bonchev–Trinajstić information content (AvgIpc) is 3.26. The lowest BCUT2D eigenvalue weighted by atomic mass is 9.44. The molecular formula is C48H53NO17. The number of esters is 4. The van der Waals surface area contributed by atoms with E-state index in [-0.39, 0.29) is 35.3 Å². The minimum absolute atomic E-state index is 0.00289. The third kappa shape index (κ3) is 8.80. The number of aliphatic hydroxyl groups excluding tert-OH is 2. The SMILES string of the molecule is CC(=O)O[C@H]1C(=O)[C@@]2(C)[C@H]([C@H](OC(=O)c3ccccc3)[C@]3(O)C[C@H](OC(=O)[C@H](O)[C@@H](NC(=O)c4ccccc4)c4ccccc4)C(C)=C1C3(C)C)[C@]1(OC(C)=O)CO[C@@H]1C[C@@H]2O.O=C(O)O. The molecule has 1 aliphatic heterocycles. The molecule has 6 N–H and O–H groups in total. The molecule has 3 aliphatic carbocycles. The van der Waals surface area contributed by atoms with Crippen LogP contribution >= 0.6 is 0 Å². The highest BCUT2D eigenvalue weighted by atomic mass is 16.6. The number of ether oxygens (including phenoxy) is 5. The van der Waals surface area contributed by atoms with Crippen LogP contribution < -0.4 is 5.32 Å². The molecule has 11 atom stereocenters. The fourth-order valence-electron chi connectivity index (χ4n) is 10.2. The van der Waals surface area contributed by atoms with Crippen molar-refractivity contribution >= 4 is 41.7 Å². The Morgan fingerprint density at radius 3 is 1.86 bits per heavy atom. The van der Waals surface area contributed by atoms with E-state index in [2.05, 4.69) is 5.32 Å². The predicted molar refractivity (Wildman–Crippen MR) is 228 cm³/mol. The summed E-state index contributed by atoms with van der Waals surface area (Å²) in [7, 11) is 0. The molecule has 0 unspecified atom stereocenters. The minimum atomic E-state index is -2.39. The molecule has 0 aromatic heterocycles. The third-order valence-electron chi connectivity index (χ3n) is 13.5. The zero-order chi connectivity index (χ0) is 48.5. The second-order valence-corrected chi connectivity index (χ2v) is 17.6. The van der Waals surface area contributed by atoms with Crippen LogP contribution in [0, 0.1) is 16.7 Å². The van der Waals surface area contributed by atoms with Crippen LogP contribution in [0.15, 0.2) is 102 Å². The van der Waals surface area contributed by atoms with Crippen molar-refractivity contribution in [1.82, 2.24) is 5.32 Å². The standard InChI is InChI=1S/C47H51NO14.CH2O3/c1-25-31(60-43(56)36(52)35(28-16-10-7-11-17-28)48-41(54)29-18-12-8-13-19-29)23-47(57)40(61-42(55)30-20-14-9-15-21-30)38-45(6,32(51)22-33-46(38,24-58-33)62-27(3)50)39(53)37(59-26(2)49)34(25)44(47,4)5;2-1(3)4/h7-21,31-33,35-38,40,51-52,57H,22-24H2,1-6H3,(H,48,54);(H2,2,3,4)/t31-,32-,33+,35-,36+,37+,38-,40-,45+,46-,47+;/m0./s1. The lowest BCUT2D eigenvalue weighted by Gasteiger charge is -2.67. The van der Waals surface area contributed by atoms with Crippen molar-refractivity contribution in [1.29, 1.82) is 0 Å². The van der Waals surface area contributed by atoms with Gasteiger partial charge < -0.3 is 54.5 Å². The zero-order valence-corrected chi connectivity index (χ0v) is 37.0. The van der Waals surface area contributed by atoms with Gasteiger partial charge in [0.25, 0.3) is 5.91 Å². The average molecular weight is 916 g/mol. The molecule has 2 saturated carbocycles. The van der Waals surface area contributed by atoms with Gasteiger partial charge in [0.15, 0.2) is 23.6 Å². The fourth-order valence-corrected chi connectivity index (χ4v) is 10.2. The Hall–Kier alpha value is -6.47. The number of ketones is 1. The molecule has 1 amide bonds. The molecule has 3 aromatic rings. The Kier molecular flexibility index (Phi) is 13.9. The van der Waals surface area contributed by atoms with Crippen LogP contribution in [-0.4, -0.2) is 122 Å². The van der Waals surface area contributed by atoms with E-state index in [9.17, 15) is 39.3 Å². The monoisotopic (exact) mass is 915 g/mol. The maximum atomic E-state index is 15.5. The van der Waals surface area contributed by atoms with Gasteiger partial charge in [0.2, 0.25) is 0 Å². The number of rotatable bonds is 10. The van der Waals surface area contributed by atoms with E-state index >= 15 is 4.79 Å². The summed E-state index contributed by atoms with van der Waals surface area (Å²) in [6, 6.07) is 22.9. The highest BCUT2D eigenvalue weighted by molar-refractivity contribution is 5.96. The van der Waals surface area contributed by atoms with Gasteiger partial charge in [0, 0.05) is 37.7 Å². The van der Waals surface area contributed by atoms with Crippen molar-refractivity contribution in [2.45, 2.75) is 108 Å². The van der Waals surface area contributed by atoms with Crippen molar-refractivity contribution in [3.8, 4) is 0 Å². The molecule has 18 heteroatoms. The summed E-state index contributed by atoms with van der Waals surface area (Å²) in [5.74, 6) is -6.84. The molecule has 66 heavy (non-hydrogen) atoms. The van der Waals surface area contributed by atoms with Crippen LogP contribution in [0.5, 0.6) is 0 Å². The van der Waals surface area contributed by atoms with Gasteiger partial charge in [-0.15, -0.1) is 0 Å². The molecule has 0 spiro atoms. The van der Waals surface area contributed by atoms with E-state index < -0.39 is 119 Å². The number of fused-ring (bicyclic) bond motifs is 5. The normalized spacial score (nSPS) is 30.3. The van der Waals surface area contributed by atoms with Crippen molar-refractivity contribution in [3.05, 3.63) is 119 Å². The van der Waals surface area contributed by atoms with Crippen LogP contribution in [0.4, 0.5) is 4.79 Å². The summed E-state index contributed by atoms with van der Waals surface area (Å²) in [5, 5.41) is 54.2. The largest absolute Gasteiger partial charge is 0.503 e. The number of amides is 1. The zero-order valence-electron chi connectivity index (χ0n) is 37.0. The Morgan fingerprint density at radius 1 is 0.803 bits per heavy atom. The Bertz CT molecular complexity index is 2380. The number of carbonyl (C=O) groups excluding carboxylic acids is 6. The number of carbonyl (C=O) groups is 7. The maximum absolute atomic E-state index is 15.5. The summed E-state index contributed by atoms with van der Waals surface area (Å²) in [6.45, 7) is 7.97. The first-order chi connectivity index (χ1) is 31.0. The summed E-state index contributed by atoms with van der Waals surface area (Å²) in [4.78, 5) is 92.0. The lowest BCUT2D eigenvalue weighted by Crippen LogP contribution is -2.82. The quantitative estimate of drug-likeness (QED) is 0.0954. The van der Waals surface area contributed by atoms with E-state index in [1.165, 1.54) is 26.0 Å². The number of benzene rings is 3. The second-order valence-electron chi connectivity index (χ2n) is 17.6. The smallest absolute Gasteiger partial charge is 0.456 e. The van der Waals surface area contributed by atoms with Crippen LogP contribution in [0.2, 0.25) is 0 Å². The maximum Gasteiger partial charge on any atom is 0.503 e. The van der Waals surface area contributed by atoms with E-state index in [0.717, 1.165) is 13.8 Å². The molecule has 1 saturated heterocycles. The first-order valence-corrected chi connectivity index (χ1v) is 21.1. The molecule has 352 valence electrons. The van der Waals surface area contributed by atoms with Gasteiger partial charge in [0.05, 0.1) is 35.6 Å². The highest BCUT2D eigenvalue weighted by Gasteiger charge is 2.78.